The number of hydrogen-bond acceptors (Lipinski definition) is 4. The molecular formula is C15H13F6N3OS. The number of carbonyl (C=O) groups excluding carboxylic acids is 1. The zero-order chi connectivity index (χ0) is 19.5. The number of halogens is 6. The summed E-state index contributed by atoms with van der Waals surface area (Å²) in [6.07, 6.45) is -8.62. The number of anilines is 1. The van der Waals surface area contributed by atoms with Crippen LogP contribution in [0, 0.1) is 0 Å². The number of thiazole rings is 1. The second-order valence-electron chi connectivity index (χ2n) is 5.31. The summed E-state index contributed by atoms with van der Waals surface area (Å²) in [6.45, 7) is 0.133. The number of alkyl halides is 6. The van der Waals surface area contributed by atoms with Crippen LogP contribution in [0.25, 0.3) is 0 Å². The van der Waals surface area contributed by atoms with Gasteiger partial charge in [-0.15, -0.1) is 11.3 Å². The summed E-state index contributed by atoms with van der Waals surface area (Å²) in [5.41, 5.74) is 2.33. The topological polar surface area (TPSA) is 68.0 Å². The van der Waals surface area contributed by atoms with E-state index >= 15 is 0 Å². The Morgan fingerprint density at radius 2 is 1.65 bits per heavy atom. The lowest BCUT2D eigenvalue weighted by Gasteiger charge is -2.13. The maximum absolute atomic E-state index is 12.9. The summed E-state index contributed by atoms with van der Waals surface area (Å²) < 4.78 is 77.2. The lowest BCUT2D eigenvalue weighted by molar-refractivity contribution is -0.143. The molecule has 0 atom stereocenters. The van der Waals surface area contributed by atoms with Crippen LogP contribution < -0.4 is 11.1 Å². The van der Waals surface area contributed by atoms with E-state index in [1.807, 2.05) is 0 Å². The molecule has 0 spiro atoms. The Morgan fingerprint density at radius 3 is 2.15 bits per heavy atom. The van der Waals surface area contributed by atoms with Crippen LogP contribution in [0.4, 0.5) is 31.5 Å². The van der Waals surface area contributed by atoms with Gasteiger partial charge < -0.3 is 11.1 Å². The molecule has 0 aliphatic carbocycles. The average Bonchev–Trinajstić information content (AvgIpc) is 2.92. The van der Waals surface area contributed by atoms with Crippen molar-refractivity contribution in [2.75, 3.05) is 11.9 Å². The van der Waals surface area contributed by atoms with E-state index in [-0.39, 0.29) is 42.1 Å². The molecule has 0 radical (unpaired) electrons. The van der Waals surface area contributed by atoms with Crippen LogP contribution in [-0.2, 0) is 23.6 Å². The lowest BCUT2D eigenvalue weighted by Crippen LogP contribution is -2.15. The van der Waals surface area contributed by atoms with Gasteiger partial charge in [0.15, 0.2) is 5.13 Å². The fourth-order valence-electron chi connectivity index (χ4n) is 2.08. The summed E-state index contributed by atoms with van der Waals surface area (Å²) >= 11 is 0.962. The Kier molecular flexibility index (Phi) is 5.91. The molecule has 0 saturated heterocycles. The lowest BCUT2D eigenvalue weighted by atomic mass is 10.0. The van der Waals surface area contributed by atoms with Crippen molar-refractivity contribution in [1.82, 2.24) is 4.98 Å². The van der Waals surface area contributed by atoms with Crippen LogP contribution in [0.2, 0.25) is 0 Å². The Hall–Kier alpha value is -2.14. The number of carbonyl (C=O) groups is 1. The van der Waals surface area contributed by atoms with Crippen molar-refractivity contribution in [3.8, 4) is 0 Å². The van der Waals surface area contributed by atoms with E-state index in [0.717, 1.165) is 11.3 Å². The highest BCUT2D eigenvalue weighted by atomic mass is 32.1. The van der Waals surface area contributed by atoms with Gasteiger partial charge in [0.2, 0.25) is 5.91 Å². The molecule has 0 aliphatic heterocycles. The van der Waals surface area contributed by atoms with E-state index < -0.39 is 23.5 Å². The third-order valence-corrected chi connectivity index (χ3v) is 4.11. The molecule has 1 amide bonds. The first-order chi connectivity index (χ1) is 12.0. The summed E-state index contributed by atoms with van der Waals surface area (Å²) in [6, 6.07) is 1.41. The molecule has 11 heteroatoms. The van der Waals surface area contributed by atoms with Crippen LogP contribution in [0.1, 0.15) is 28.0 Å². The van der Waals surface area contributed by atoms with E-state index in [9.17, 15) is 31.1 Å². The predicted molar refractivity (Wildman–Crippen MR) is 83.7 cm³/mol. The minimum atomic E-state index is -4.90. The first-order valence-electron chi connectivity index (χ1n) is 7.22. The van der Waals surface area contributed by atoms with Crippen molar-refractivity contribution >= 4 is 22.4 Å². The molecule has 1 aromatic carbocycles. The number of rotatable bonds is 5. The summed E-state index contributed by atoms with van der Waals surface area (Å²) in [5, 5.41) is 2.64. The Bertz CT molecular complexity index is 752. The second-order valence-corrected chi connectivity index (χ2v) is 6.42. The van der Waals surface area contributed by atoms with Crippen molar-refractivity contribution in [3.63, 3.8) is 0 Å². The number of hydrogen-bond donors (Lipinski definition) is 2. The van der Waals surface area contributed by atoms with E-state index in [1.165, 1.54) is 6.20 Å². The monoisotopic (exact) mass is 397 g/mol. The van der Waals surface area contributed by atoms with Gasteiger partial charge in [-0.25, -0.2) is 4.98 Å². The Morgan fingerprint density at radius 1 is 1.08 bits per heavy atom. The second kappa shape index (κ2) is 7.62. The molecule has 1 aromatic heterocycles. The van der Waals surface area contributed by atoms with E-state index in [0.29, 0.717) is 17.0 Å². The number of amides is 1. The van der Waals surface area contributed by atoms with Gasteiger partial charge in [-0.2, -0.15) is 26.3 Å². The van der Waals surface area contributed by atoms with Gasteiger partial charge in [0.1, 0.15) is 0 Å². The standard InChI is InChI=1S/C15H13F6N3OS/c16-14(17,18)9-3-8(4-10(6-9)15(19,20)21)5-11-7-23-13(26-11)24-12(25)1-2-22/h3-4,6-7H,1-2,5,22H2,(H,23,24,25). The van der Waals surface area contributed by atoms with Gasteiger partial charge in [0.25, 0.3) is 0 Å². The van der Waals surface area contributed by atoms with Gasteiger partial charge in [-0.05, 0) is 23.8 Å². The number of nitrogens with zero attached hydrogens (tertiary/aromatic N) is 1. The van der Waals surface area contributed by atoms with E-state index in [4.69, 9.17) is 5.73 Å². The van der Waals surface area contributed by atoms with Crippen LogP contribution >= 0.6 is 11.3 Å². The molecule has 1 heterocycles. The highest BCUT2D eigenvalue weighted by Crippen LogP contribution is 2.37. The zero-order valence-corrected chi connectivity index (χ0v) is 13.9. The van der Waals surface area contributed by atoms with E-state index in [2.05, 4.69) is 10.3 Å². The first kappa shape index (κ1) is 20.2. The van der Waals surface area contributed by atoms with Gasteiger partial charge in [0.05, 0.1) is 11.1 Å². The molecule has 4 nitrogen and oxygen atoms in total. The largest absolute Gasteiger partial charge is 0.416 e. The van der Waals surface area contributed by atoms with Gasteiger partial charge >= 0.3 is 12.4 Å². The third-order valence-electron chi connectivity index (χ3n) is 3.20. The molecule has 2 aromatic rings. The van der Waals surface area contributed by atoms with Crippen LogP contribution in [-0.4, -0.2) is 17.4 Å². The quantitative estimate of drug-likeness (QED) is 0.748. The molecule has 142 valence electrons. The third kappa shape index (κ3) is 5.43. The molecular weight excluding hydrogens is 384 g/mol. The molecule has 0 bridgehead atoms. The minimum Gasteiger partial charge on any atom is -0.330 e. The van der Waals surface area contributed by atoms with Gasteiger partial charge in [-0.1, -0.05) is 0 Å². The fraction of sp³-hybridized carbons (Fsp3) is 0.333. The smallest absolute Gasteiger partial charge is 0.330 e. The maximum Gasteiger partial charge on any atom is 0.416 e. The summed E-state index contributed by atoms with van der Waals surface area (Å²) in [4.78, 5) is 15.7. The van der Waals surface area contributed by atoms with Crippen molar-refractivity contribution in [3.05, 3.63) is 46.0 Å². The highest BCUT2D eigenvalue weighted by Gasteiger charge is 2.36. The zero-order valence-electron chi connectivity index (χ0n) is 13.0. The van der Waals surface area contributed by atoms with Crippen LogP contribution in [0.3, 0.4) is 0 Å². The molecule has 0 aliphatic rings. The number of nitrogens with one attached hydrogen (secondary N) is 1. The van der Waals surface area contributed by atoms with Crippen LogP contribution in [0.15, 0.2) is 24.4 Å². The van der Waals surface area contributed by atoms with Crippen molar-refractivity contribution < 1.29 is 31.1 Å². The fourth-order valence-corrected chi connectivity index (χ4v) is 2.95. The number of benzene rings is 1. The Balaban J connectivity index is 2.26. The van der Waals surface area contributed by atoms with Crippen molar-refractivity contribution in [2.45, 2.75) is 25.2 Å². The first-order valence-corrected chi connectivity index (χ1v) is 8.03. The molecule has 26 heavy (non-hydrogen) atoms. The summed E-state index contributed by atoms with van der Waals surface area (Å²) in [5.74, 6) is -0.383. The van der Waals surface area contributed by atoms with Crippen molar-refractivity contribution in [1.29, 1.82) is 0 Å². The number of nitrogens with two attached hydrogens (primary N) is 1. The molecule has 0 fully saturated rings. The van der Waals surface area contributed by atoms with Gasteiger partial charge in [-0.3, -0.25) is 4.79 Å². The summed E-state index contributed by atoms with van der Waals surface area (Å²) in [7, 11) is 0. The maximum atomic E-state index is 12.9. The van der Waals surface area contributed by atoms with Gasteiger partial charge in [0, 0.05) is 30.5 Å². The molecule has 0 saturated carbocycles. The minimum absolute atomic E-state index is 0.0669. The molecule has 0 unspecified atom stereocenters. The normalized spacial score (nSPS) is 12.3. The SMILES string of the molecule is NCCC(=O)Nc1ncc(Cc2cc(C(F)(F)F)cc(C(F)(F)F)c2)s1. The molecule has 3 N–H and O–H groups in total. The van der Waals surface area contributed by atoms with E-state index in [1.54, 1.807) is 0 Å². The Labute approximate surface area is 148 Å². The number of aromatic nitrogens is 1. The van der Waals surface area contributed by atoms with Crippen LogP contribution in [0.5, 0.6) is 0 Å². The molecule has 2 rings (SSSR count). The average molecular weight is 397 g/mol. The predicted octanol–water partition coefficient (Wildman–Crippen LogP) is 4.06. The highest BCUT2D eigenvalue weighted by molar-refractivity contribution is 7.15. The van der Waals surface area contributed by atoms with Crippen molar-refractivity contribution in [2.24, 2.45) is 5.73 Å².